The predicted octanol–water partition coefficient (Wildman–Crippen LogP) is 1.66. The Hall–Kier alpha value is -0.400. The Morgan fingerprint density at radius 2 is 2.37 bits per heavy atom. The van der Waals surface area contributed by atoms with Gasteiger partial charge in [-0.15, -0.1) is 0 Å². The number of nitrogens with one attached hydrogen (secondary N) is 1. The van der Waals surface area contributed by atoms with Crippen LogP contribution in [-0.4, -0.2) is 36.2 Å². The lowest BCUT2D eigenvalue weighted by Gasteiger charge is -2.21. The molecule has 2 atom stereocenters. The first kappa shape index (κ1) is 15.0. The third-order valence-corrected chi connectivity index (χ3v) is 6.06. The molecule has 0 saturated carbocycles. The van der Waals surface area contributed by atoms with E-state index in [4.69, 9.17) is 0 Å². The van der Waals surface area contributed by atoms with Gasteiger partial charge >= 0.3 is 0 Å². The average Bonchev–Trinajstić information content (AvgIpc) is 2.82. The molecule has 0 aromatic carbocycles. The molecule has 1 aromatic rings. The summed E-state index contributed by atoms with van der Waals surface area (Å²) in [6, 6.07) is 0.144. The molecule has 1 aliphatic heterocycles. The molecule has 0 radical (unpaired) electrons. The molecule has 1 N–H and O–H groups in total. The van der Waals surface area contributed by atoms with Crippen molar-refractivity contribution in [1.29, 1.82) is 0 Å². The Morgan fingerprint density at radius 1 is 1.63 bits per heavy atom. The normalized spacial score (nSPS) is 23.6. The first-order valence-electron chi connectivity index (χ1n) is 6.54. The van der Waals surface area contributed by atoms with Crippen LogP contribution in [0.2, 0.25) is 0 Å². The van der Waals surface area contributed by atoms with Crippen molar-refractivity contribution in [3.05, 3.63) is 16.4 Å². The maximum absolute atomic E-state index is 11.6. The third kappa shape index (κ3) is 3.58. The van der Waals surface area contributed by atoms with Crippen LogP contribution in [0.3, 0.4) is 0 Å². The highest BCUT2D eigenvalue weighted by Crippen LogP contribution is 2.31. The van der Waals surface area contributed by atoms with Crippen LogP contribution in [0, 0.1) is 5.92 Å². The van der Waals surface area contributed by atoms with Gasteiger partial charge in [0.2, 0.25) is 0 Å². The summed E-state index contributed by atoms with van der Waals surface area (Å²) < 4.78 is 25.9. The van der Waals surface area contributed by atoms with Gasteiger partial charge in [-0.25, -0.2) is 8.42 Å². The Balaban J connectivity index is 2.13. The zero-order valence-electron chi connectivity index (χ0n) is 11.3. The Morgan fingerprint density at radius 3 is 2.84 bits per heavy atom. The van der Waals surface area contributed by atoms with Gasteiger partial charge in [0.05, 0.1) is 33.9 Å². The molecule has 0 aliphatic carbocycles. The quantitative estimate of drug-likeness (QED) is 0.877. The fourth-order valence-electron chi connectivity index (χ4n) is 2.74. The average molecular weight is 350 g/mol. The summed E-state index contributed by atoms with van der Waals surface area (Å²) in [5, 5.41) is 7.67. The summed E-state index contributed by atoms with van der Waals surface area (Å²) in [4.78, 5) is 0. The number of aryl methyl sites for hydroxylation is 1. The smallest absolute Gasteiger partial charge is 0.150 e. The molecular formula is C12H20BrN3O2S. The summed E-state index contributed by atoms with van der Waals surface area (Å²) >= 11 is 3.52. The highest BCUT2D eigenvalue weighted by Gasteiger charge is 2.31. The lowest BCUT2D eigenvalue weighted by Crippen LogP contribution is -2.26. The van der Waals surface area contributed by atoms with Crippen molar-refractivity contribution >= 4 is 25.8 Å². The molecule has 1 saturated heterocycles. The molecule has 0 amide bonds. The molecular weight excluding hydrogens is 330 g/mol. The van der Waals surface area contributed by atoms with Crippen LogP contribution in [-0.2, 0) is 16.9 Å². The first-order chi connectivity index (χ1) is 8.93. The minimum Gasteiger partial charge on any atom is -0.309 e. The molecule has 2 rings (SSSR count). The topological polar surface area (TPSA) is 64.0 Å². The SMILES string of the molecule is CCNC(CC1CCS(=O)(=O)C1)c1c(Br)cnn1C. The molecule has 1 aromatic heterocycles. The molecule has 2 unspecified atom stereocenters. The highest BCUT2D eigenvalue weighted by molar-refractivity contribution is 9.10. The van der Waals surface area contributed by atoms with Crippen molar-refractivity contribution < 1.29 is 8.42 Å². The molecule has 1 aliphatic rings. The van der Waals surface area contributed by atoms with Gasteiger partial charge < -0.3 is 5.32 Å². The van der Waals surface area contributed by atoms with E-state index in [9.17, 15) is 8.42 Å². The molecule has 19 heavy (non-hydrogen) atoms. The van der Waals surface area contributed by atoms with E-state index in [-0.39, 0.29) is 12.0 Å². The van der Waals surface area contributed by atoms with E-state index in [2.05, 4.69) is 33.3 Å². The Kier molecular flexibility index (Phi) is 4.68. The van der Waals surface area contributed by atoms with Crippen LogP contribution in [0.5, 0.6) is 0 Å². The van der Waals surface area contributed by atoms with Gasteiger partial charge in [-0.05, 0) is 41.2 Å². The second kappa shape index (κ2) is 5.93. The Labute approximate surface area is 122 Å². The summed E-state index contributed by atoms with van der Waals surface area (Å²) in [5.74, 6) is 0.906. The highest BCUT2D eigenvalue weighted by atomic mass is 79.9. The standard InChI is InChI=1S/C12H20BrN3O2S/c1-3-14-11(12-10(13)7-15-16(12)2)6-9-4-5-19(17,18)8-9/h7,9,11,14H,3-6,8H2,1-2H3. The van der Waals surface area contributed by atoms with Gasteiger partial charge in [-0.1, -0.05) is 6.92 Å². The molecule has 7 heteroatoms. The number of sulfone groups is 1. The van der Waals surface area contributed by atoms with E-state index in [1.54, 1.807) is 6.20 Å². The summed E-state index contributed by atoms with van der Waals surface area (Å²) in [6.07, 6.45) is 3.40. The second-order valence-corrected chi connectivity index (χ2v) is 8.20. The van der Waals surface area contributed by atoms with Crippen molar-refractivity contribution in [2.24, 2.45) is 13.0 Å². The molecule has 0 spiro atoms. The third-order valence-electron chi connectivity index (χ3n) is 3.61. The zero-order chi connectivity index (χ0) is 14.0. The van der Waals surface area contributed by atoms with Crippen molar-refractivity contribution in [3.63, 3.8) is 0 Å². The van der Waals surface area contributed by atoms with E-state index < -0.39 is 9.84 Å². The van der Waals surface area contributed by atoms with E-state index >= 15 is 0 Å². The number of hydrogen-bond acceptors (Lipinski definition) is 4. The van der Waals surface area contributed by atoms with Crippen molar-refractivity contribution in [1.82, 2.24) is 15.1 Å². The van der Waals surface area contributed by atoms with Gasteiger partial charge in [0.15, 0.2) is 9.84 Å². The van der Waals surface area contributed by atoms with Gasteiger partial charge in [-0.3, -0.25) is 4.68 Å². The fourth-order valence-corrected chi connectivity index (χ4v) is 5.25. The van der Waals surface area contributed by atoms with Crippen LogP contribution in [0.25, 0.3) is 0 Å². The van der Waals surface area contributed by atoms with Crippen molar-refractivity contribution in [2.45, 2.75) is 25.8 Å². The van der Waals surface area contributed by atoms with E-state index in [1.807, 2.05) is 11.7 Å². The first-order valence-corrected chi connectivity index (χ1v) is 9.15. The molecule has 0 bridgehead atoms. The van der Waals surface area contributed by atoms with E-state index in [0.29, 0.717) is 11.5 Å². The fraction of sp³-hybridized carbons (Fsp3) is 0.750. The number of hydrogen-bond donors (Lipinski definition) is 1. The summed E-state index contributed by atoms with van der Waals surface area (Å²) in [7, 11) is -0.894. The number of nitrogens with zero attached hydrogens (tertiary/aromatic N) is 2. The van der Waals surface area contributed by atoms with Crippen LogP contribution < -0.4 is 5.32 Å². The van der Waals surface area contributed by atoms with Gasteiger partial charge in [-0.2, -0.15) is 5.10 Å². The maximum Gasteiger partial charge on any atom is 0.150 e. The largest absolute Gasteiger partial charge is 0.309 e. The van der Waals surface area contributed by atoms with Gasteiger partial charge in [0.1, 0.15) is 0 Å². The number of halogens is 1. The van der Waals surface area contributed by atoms with Crippen LogP contribution in [0.1, 0.15) is 31.5 Å². The Bertz CT molecular complexity index is 522. The molecule has 108 valence electrons. The molecule has 5 nitrogen and oxygen atoms in total. The van der Waals surface area contributed by atoms with E-state index in [1.165, 1.54) is 0 Å². The summed E-state index contributed by atoms with van der Waals surface area (Å²) in [5.41, 5.74) is 1.09. The van der Waals surface area contributed by atoms with Crippen LogP contribution >= 0.6 is 15.9 Å². The summed E-state index contributed by atoms with van der Waals surface area (Å²) in [6.45, 7) is 2.91. The van der Waals surface area contributed by atoms with Crippen molar-refractivity contribution in [2.75, 3.05) is 18.1 Å². The van der Waals surface area contributed by atoms with Gasteiger partial charge in [0, 0.05) is 7.05 Å². The zero-order valence-corrected chi connectivity index (χ0v) is 13.7. The predicted molar refractivity (Wildman–Crippen MR) is 78.7 cm³/mol. The number of rotatable bonds is 5. The lowest BCUT2D eigenvalue weighted by atomic mass is 9.97. The lowest BCUT2D eigenvalue weighted by molar-refractivity contribution is 0.402. The molecule has 2 heterocycles. The maximum atomic E-state index is 11.6. The van der Waals surface area contributed by atoms with Gasteiger partial charge in [0.25, 0.3) is 0 Å². The minimum absolute atomic E-state index is 0.144. The van der Waals surface area contributed by atoms with E-state index in [0.717, 1.165) is 29.6 Å². The van der Waals surface area contributed by atoms with Crippen LogP contribution in [0.15, 0.2) is 10.7 Å². The monoisotopic (exact) mass is 349 g/mol. The van der Waals surface area contributed by atoms with Crippen LogP contribution in [0.4, 0.5) is 0 Å². The van der Waals surface area contributed by atoms with Crippen molar-refractivity contribution in [3.8, 4) is 0 Å². The number of aromatic nitrogens is 2. The second-order valence-electron chi connectivity index (χ2n) is 5.12. The minimum atomic E-state index is -2.81. The molecule has 1 fully saturated rings.